The number of hydrogen-bond acceptors (Lipinski definition) is 4. The van der Waals surface area contributed by atoms with Crippen LogP contribution in [0.4, 0.5) is 0 Å². The van der Waals surface area contributed by atoms with Gasteiger partial charge in [-0.05, 0) is 38.1 Å². The fourth-order valence-electron chi connectivity index (χ4n) is 2.45. The highest BCUT2D eigenvalue weighted by molar-refractivity contribution is 5.76. The van der Waals surface area contributed by atoms with Crippen molar-refractivity contribution in [1.29, 1.82) is 0 Å². The Hall–Kier alpha value is -0.650. The van der Waals surface area contributed by atoms with Crippen molar-refractivity contribution in [2.24, 2.45) is 11.7 Å². The number of nitrogens with two attached hydrogens (primary N) is 1. The molecule has 0 aromatic carbocycles. The number of rotatable bonds is 8. The minimum Gasteiger partial charge on any atom is -0.394 e. The summed E-state index contributed by atoms with van der Waals surface area (Å²) in [6, 6.07) is 0. The molecule has 1 rings (SSSR count). The highest BCUT2D eigenvalue weighted by Gasteiger charge is 2.23. The summed E-state index contributed by atoms with van der Waals surface area (Å²) in [6.45, 7) is 4.87. The van der Waals surface area contributed by atoms with E-state index in [1.54, 1.807) is 0 Å². The van der Waals surface area contributed by atoms with E-state index in [0.29, 0.717) is 25.5 Å². The van der Waals surface area contributed by atoms with E-state index in [1.807, 2.05) is 4.90 Å². The molecule has 1 amide bonds. The van der Waals surface area contributed by atoms with Gasteiger partial charge in [-0.15, -0.1) is 0 Å². The van der Waals surface area contributed by atoms with Crippen LogP contribution in [0.1, 0.15) is 39.0 Å². The van der Waals surface area contributed by atoms with E-state index in [-0.39, 0.29) is 18.6 Å². The van der Waals surface area contributed by atoms with Crippen molar-refractivity contribution in [3.63, 3.8) is 0 Å². The first-order valence-corrected chi connectivity index (χ1v) is 7.37. The van der Waals surface area contributed by atoms with Gasteiger partial charge in [-0.2, -0.15) is 0 Å². The van der Waals surface area contributed by atoms with E-state index in [0.717, 1.165) is 38.8 Å². The first kappa shape index (κ1) is 16.4. The van der Waals surface area contributed by atoms with Crippen LogP contribution in [0.25, 0.3) is 0 Å². The van der Waals surface area contributed by atoms with Gasteiger partial charge in [0, 0.05) is 19.5 Å². The third-order valence-corrected chi connectivity index (χ3v) is 3.75. The van der Waals surface area contributed by atoms with E-state index in [4.69, 9.17) is 15.6 Å². The molecule has 0 bridgehead atoms. The van der Waals surface area contributed by atoms with Crippen molar-refractivity contribution in [2.45, 2.75) is 45.1 Å². The lowest BCUT2D eigenvalue weighted by Crippen LogP contribution is -2.41. The van der Waals surface area contributed by atoms with E-state index in [2.05, 4.69) is 6.92 Å². The Morgan fingerprint density at radius 3 is 2.68 bits per heavy atom. The molecule has 0 radical (unpaired) electrons. The molecule has 112 valence electrons. The van der Waals surface area contributed by atoms with Crippen molar-refractivity contribution in [3.05, 3.63) is 0 Å². The largest absolute Gasteiger partial charge is 0.394 e. The number of ether oxygens (including phenoxy) is 1. The molecule has 1 atom stereocenters. The van der Waals surface area contributed by atoms with Gasteiger partial charge in [-0.3, -0.25) is 4.79 Å². The predicted molar refractivity (Wildman–Crippen MR) is 74.7 cm³/mol. The number of piperidine rings is 1. The zero-order valence-electron chi connectivity index (χ0n) is 12.0. The summed E-state index contributed by atoms with van der Waals surface area (Å²) in [6.07, 6.45) is 4.51. The summed E-state index contributed by atoms with van der Waals surface area (Å²) < 4.78 is 5.49. The van der Waals surface area contributed by atoms with Crippen LogP contribution in [-0.4, -0.2) is 54.9 Å². The number of amides is 1. The predicted octanol–water partition coefficient (Wildman–Crippen LogP) is 0.751. The third kappa shape index (κ3) is 6.36. The minimum absolute atomic E-state index is 0.0676. The zero-order valence-corrected chi connectivity index (χ0v) is 12.0. The van der Waals surface area contributed by atoms with Crippen LogP contribution < -0.4 is 5.73 Å². The Labute approximate surface area is 116 Å². The number of hydrogen-bond donors (Lipinski definition) is 2. The Morgan fingerprint density at radius 1 is 1.42 bits per heavy atom. The molecule has 1 aliphatic heterocycles. The molecule has 1 saturated heterocycles. The van der Waals surface area contributed by atoms with Crippen LogP contribution in [0.3, 0.4) is 0 Å². The van der Waals surface area contributed by atoms with Gasteiger partial charge in [-0.1, -0.05) is 6.92 Å². The number of nitrogens with zero attached hydrogens (tertiary/aromatic N) is 1. The van der Waals surface area contributed by atoms with Crippen LogP contribution in [-0.2, 0) is 9.53 Å². The normalized spacial score (nSPS) is 18.6. The summed E-state index contributed by atoms with van der Waals surface area (Å²) in [5.41, 5.74) is 5.51. The zero-order chi connectivity index (χ0) is 14.1. The summed E-state index contributed by atoms with van der Waals surface area (Å²) >= 11 is 0. The molecule has 19 heavy (non-hydrogen) atoms. The molecular weight excluding hydrogens is 244 g/mol. The van der Waals surface area contributed by atoms with Crippen LogP contribution in [0.15, 0.2) is 0 Å². The van der Waals surface area contributed by atoms with Gasteiger partial charge in [0.15, 0.2) is 0 Å². The standard InChI is InChI=1S/C14H28N2O3/c1-12(4-7-15)2-3-14(18)16-8-5-13(6-9-16)19-11-10-17/h12-13,17H,2-11,15H2,1H3. The second kappa shape index (κ2) is 9.28. The SMILES string of the molecule is CC(CCN)CCC(=O)N1CCC(OCCO)CC1. The quantitative estimate of drug-likeness (QED) is 0.684. The molecule has 1 heterocycles. The van der Waals surface area contributed by atoms with Gasteiger partial charge in [0.1, 0.15) is 0 Å². The molecule has 1 unspecified atom stereocenters. The average Bonchev–Trinajstić information content (AvgIpc) is 2.43. The maximum atomic E-state index is 12.0. The van der Waals surface area contributed by atoms with Gasteiger partial charge in [0.25, 0.3) is 0 Å². The number of carbonyl (C=O) groups is 1. The number of carbonyl (C=O) groups excluding carboxylic acids is 1. The first-order chi connectivity index (χ1) is 9.17. The second-order valence-electron chi connectivity index (χ2n) is 5.40. The fraction of sp³-hybridized carbons (Fsp3) is 0.929. The molecule has 0 aromatic heterocycles. The van der Waals surface area contributed by atoms with Crippen molar-refractivity contribution < 1.29 is 14.6 Å². The van der Waals surface area contributed by atoms with Gasteiger partial charge in [0.2, 0.25) is 5.91 Å². The highest BCUT2D eigenvalue weighted by Crippen LogP contribution is 2.16. The van der Waals surface area contributed by atoms with Crippen molar-refractivity contribution in [2.75, 3.05) is 32.8 Å². The maximum absolute atomic E-state index is 12.0. The van der Waals surface area contributed by atoms with Crippen LogP contribution in [0, 0.1) is 5.92 Å². The van der Waals surface area contributed by atoms with E-state index < -0.39 is 0 Å². The van der Waals surface area contributed by atoms with Crippen LogP contribution >= 0.6 is 0 Å². The summed E-state index contributed by atoms with van der Waals surface area (Å²) in [4.78, 5) is 14.0. The molecule has 0 aliphatic carbocycles. The van der Waals surface area contributed by atoms with E-state index in [9.17, 15) is 4.79 Å². The molecule has 5 heteroatoms. The topological polar surface area (TPSA) is 75.8 Å². The molecule has 0 spiro atoms. The fourth-order valence-corrected chi connectivity index (χ4v) is 2.45. The molecule has 3 N–H and O–H groups in total. The third-order valence-electron chi connectivity index (χ3n) is 3.75. The van der Waals surface area contributed by atoms with Crippen molar-refractivity contribution >= 4 is 5.91 Å². The summed E-state index contributed by atoms with van der Waals surface area (Å²) in [5.74, 6) is 0.781. The summed E-state index contributed by atoms with van der Waals surface area (Å²) in [5, 5.41) is 8.70. The second-order valence-corrected chi connectivity index (χ2v) is 5.40. The molecule has 1 fully saturated rings. The summed E-state index contributed by atoms with van der Waals surface area (Å²) in [7, 11) is 0. The molecule has 1 aliphatic rings. The van der Waals surface area contributed by atoms with Gasteiger partial charge in [-0.25, -0.2) is 0 Å². The van der Waals surface area contributed by atoms with E-state index in [1.165, 1.54) is 0 Å². The highest BCUT2D eigenvalue weighted by atomic mass is 16.5. The molecule has 0 aromatic rings. The Morgan fingerprint density at radius 2 is 2.11 bits per heavy atom. The Balaban J connectivity index is 2.17. The van der Waals surface area contributed by atoms with E-state index >= 15 is 0 Å². The van der Waals surface area contributed by atoms with Crippen molar-refractivity contribution in [3.8, 4) is 0 Å². The Bertz CT molecular complexity index is 253. The maximum Gasteiger partial charge on any atom is 0.222 e. The van der Waals surface area contributed by atoms with Gasteiger partial charge < -0.3 is 20.5 Å². The lowest BCUT2D eigenvalue weighted by atomic mass is 10.0. The number of likely N-dealkylation sites (tertiary alicyclic amines) is 1. The van der Waals surface area contributed by atoms with Gasteiger partial charge >= 0.3 is 0 Å². The average molecular weight is 272 g/mol. The Kier molecular flexibility index (Phi) is 8.02. The van der Waals surface area contributed by atoms with Crippen LogP contribution in [0.5, 0.6) is 0 Å². The molecule has 0 saturated carbocycles. The van der Waals surface area contributed by atoms with Crippen molar-refractivity contribution in [1.82, 2.24) is 4.90 Å². The smallest absolute Gasteiger partial charge is 0.222 e. The lowest BCUT2D eigenvalue weighted by molar-refractivity contribution is -0.134. The minimum atomic E-state index is 0.0676. The molecule has 5 nitrogen and oxygen atoms in total. The van der Waals surface area contributed by atoms with Crippen LogP contribution in [0.2, 0.25) is 0 Å². The number of aliphatic hydroxyl groups is 1. The molecular formula is C14H28N2O3. The monoisotopic (exact) mass is 272 g/mol. The van der Waals surface area contributed by atoms with Gasteiger partial charge in [0.05, 0.1) is 19.3 Å². The number of aliphatic hydroxyl groups excluding tert-OH is 1. The lowest BCUT2D eigenvalue weighted by Gasteiger charge is -2.32. The first-order valence-electron chi connectivity index (χ1n) is 7.37.